The monoisotopic (exact) mass is 237 g/mol. The summed E-state index contributed by atoms with van der Waals surface area (Å²) in [6.45, 7) is 11.0. The molecule has 0 aliphatic rings. The molecule has 0 aromatic carbocycles. The van der Waals surface area contributed by atoms with Crippen LogP contribution in [0, 0.1) is 0 Å². The Hall–Kier alpha value is -1.62. The van der Waals surface area contributed by atoms with Crippen LogP contribution in [0.2, 0.25) is 0 Å². The molecular weight excluding hydrogens is 218 g/mol. The Labute approximate surface area is 100 Å². The van der Waals surface area contributed by atoms with E-state index in [-0.39, 0.29) is 16.7 Å². The molecule has 2 N–H and O–H groups in total. The second-order valence-electron chi connectivity index (χ2n) is 5.09. The summed E-state index contributed by atoms with van der Waals surface area (Å²) in [6, 6.07) is 2.47. The average molecular weight is 237 g/mol. The third-order valence-corrected chi connectivity index (χ3v) is 2.14. The Bertz CT molecular complexity index is 505. The zero-order valence-electron chi connectivity index (χ0n) is 10.5. The fourth-order valence-electron chi connectivity index (χ4n) is 1.25. The summed E-state index contributed by atoms with van der Waals surface area (Å²) in [4.78, 5) is 22.5. The van der Waals surface area contributed by atoms with Crippen molar-refractivity contribution < 1.29 is 0 Å². The van der Waals surface area contributed by atoms with E-state index >= 15 is 0 Å². The summed E-state index contributed by atoms with van der Waals surface area (Å²) in [5.74, 6) is 0. The molecule has 0 aliphatic heterocycles. The first-order chi connectivity index (χ1) is 7.78. The van der Waals surface area contributed by atoms with Crippen LogP contribution in [0.3, 0.4) is 0 Å². The molecule has 1 heterocycles. The Morgan fingerprint density at radius 1 is 1.41 bits per heavy atom. The number of nitrogens with one attached hydrogen (secondary N) is 2. The van der Waals surface area contributed by atoms with Crippen LogP contribution in [0.25, 0.3) is 0 Å². The van der Waals surface area contributed by atoms with Gasteiger partial charge < -0.3 is 5.32 Å². The molecule has 0 bridgehead atoms. The molecule has 0 spiro atoms. The molecule has 0 unspecified atom stereocenters. The molecule has 5 heteroatoms. The van der Waals surface area contributed by atoms with E-state index in [2.05, 4.69) is 37.8 Å². The maximum atomic E-state index is 11.4. The summed E-state index contributed by atoms with van der Waals surface area (Å²) in [7, 11) is 0. The van der Waals surface area contributed by atoms with E-state index in [1.807, 2.05) is 0 Å². The van der Waals surface area contributed by atoms with Gasteiger partial charge in [0.1, 0.15) is 0 Å². The number of nitrogens with zero attached hydrogens (tertiary/aromatic N) is 1. The van der Waals surface area contributed by atoms with Crippen LogP contribution in [0.4, 0.5) is 0 Å². The van der Waals surface area contributed by atoms with Crippen molar-refractivity contribution >= 4 is 0 Å². The van der Waals surface area contributed by atoms with Crippen LogP contribution in [0.15, 0.2) is 33.9 Å². The number of aromatic amines is 1. The highest BCUT2D eigenvalue weighted by molar-refractivity contribution is 4.99. The van der Waals surface area contributed by atoms with Gasteiger partial charge in [-0.25, -0.2) is 4.68 Å². The second kappa shape index (κ2) is 5.14. The third kappa shape index (κ3) is 4.82. The Morgan fingerprint density at radius 2 is 2.06 bits per heavy atom. The van der Waals surface area contributed by atoms with Crippen molar-refractivity contribution in [1.82, 2.24) is 15.1 Å². The van der Waals surface area contributed by atoms with Crippen molar-refractivity contribution in [3.63, 3.8) is 0 Å². The first-order valence-electron chi connectivity index (χ1n) is 5.50. The van der Waals surface area contributed by atoms with E-state index in [9.17, 15) is 9.59 Å². The standard InChI is InChI=1S/C12H19N3O2/c1-9(7-13-12(2,3)4)8-15-11(17)6-5-10(16)14-15/h5-6,13H,1,7-8H2,2-4H3,(H,14,16). The molecule has 0 atom stereocenters. The summed E-state index contributed by atoms with van der Waals surface area (Å²) in [6.07, 6.45) is 0. The zero-order chi connectivity index (χ0) is 13.1. The van der Waals surface area contributed by atoms with Crippen molar-refractivity contribution in [2.24, 2.45) is 0 Å². The van der Waals surface area contributed by atoms with E-state index in [4.69, 9.17) is 0 Å². The molecule has 0 radical (unpaired) electrons. The molecule has 1 rings (SSSR count). The largest absolute Gasteiger partial charge is 0.308 e. The summed E-state index contributed by atoms with van der Waals surface area (Å²) >= 11 is 0. The van der Waals surface area contributed by atoms with Crippen molar-refractivity contribution in [1.29, 1.82) is 0 Å². The molecular formula is C12H19N3O2. The lowest BCUT2D eigenvalue weighted by Crippen LogP contribution is -2.38. The van der Waals surface area contributed by atoms with Crippen LogP contribution in [-0.2, 0) is 6.54 Å². The molecule has 0 aliphatic carbocycles. The molecule has 0 saturated carbocycles. The van der Waals surface area contributed by atoms with Gasteiger partial charge in [-0.3, -0.25) is 14.7 Å². The molecule has 94 valence electrons. The van der Waals surface area contributed by atoms with Crippen LogP contribution in [-0.4, -0.2) is 21.9 Å². The quantitative estimate of drug-likeness (QED) is 0.749. The van der Waals surface area contributed by atoms with Crippen molar-refractivity contribution in [2.45, 2.75) is 32.9 Å². The summed E-state index contributed by atoms with van der Waals surface area (Å²) < 4.78 is 1.26. The molecule has 0 amide bonds. The highest BCUT2D eigenvalue weighted by Crippen LogP contribution is 2.00. The second-order valence-corrected chi connectivity index (χ2v) is 5.09. The van der Waals surface area contributed by atoms with Gasteiger partial charge in [-0.2, -0.15) is 0 Å². The van der Waals surface area contributed by atoms with Gasteiger partial charge in [-0.05, 0) is 26.3 Å². The maximum absolute atomic E-state index is 11.4. The number of aromatic nitrogens is 2. The van der Waals surface area contributed by atoms with Crippen LogP contribution < -0.4 is 16.4 Å². The topological polar surface area (TPSA) is 66.9 Å². The van der Waals surface area contributed by atoms with Crippen LogP contribution >= 0.6 is 0 Å². The van der Waals surface area contributed by atoms with Gasteiger partial charge in [0.05, 0.1) is 6.54 Å². The Balaban J connectivity index is 2.66. The lowest BCUT2D eigenvalue weighted by Gasteiger charge is -2.21. The van der Waals surface area contributed by atoms with Gasteiger partial charge >= 0.3 is 0 Å². The van der Waals surface area contributed by atoms with Gasteiger partial charge in [0.2, 0.25) is 0 Å². The molecule has 0 saturated heterocycles. The first-order valence-corrected chi connectivity index (χ1v) is 5.50. The van der Waals surface area contributed by atoms with E-state index in [1.54, 1.807) is 0 Å². The molecule has 1 aromatic heterocycles. The van der Waals surface area contributed by atoms with Gasteiger partial charge in [-0.1, -0.05) is 6.58 Å². The van der Waals surface area contributed by atoms with Gasteiger partial charge in [0.15, 0.2) is 0 Å². The zero-order valence-corrected chi connectivity index (χ0v) is 10.5. The van der Waals surface area contributed by atoms with E-state index in [0.29, 0.717) is 13.1 Å². The molecule has 5 nitrogen and oxygen atoms in total. The smallest absolute Gasteiger partial charge is 0.265 e. The summed E-state index contributed by atoms with van der Waals surface area (Å²) in [5.41, 5.74) is 0.310. The fourth-order valence-corrected chi connectivity index (χ4v) is 1.25. The number of hydrogen-bond donors (Lipinski definition) is 2. The maximum Gasteiger partial charge on any atom is 0.265 e. The number of H-pyrrole nitrogens is 1. The molecule has 1 aromatic rings. The third-order valence-electron chi connectivity index (χ3n) is 2.14. The Morgan fingerprint density at radius 3 is 2.65 bits per heavy atom. The lowest BCUT2D eigenvalue weighted by molar-refractivity contribution is 0.437. The fraction of sp³-hybridized carbons (Fsp3) is 0.500. The van der Waals surface area contributed by atoms with E-state index < -0.39 is 0 Å². The number of hydrogen-bond acceptors (Lipinski definition) is 3. The van der Waals surface area contributed by atoms with Crippen molar-refractivity contribution in [2.75, 3.05) is 6.54 Å². The van der Waals surface area contributed by atoms with Crippen LogP contribution in [0.1, 0.15) is 20.8 Å². The minimum absolute atomic E-state index is 0.00199. The average Bonchev–Trinajstić information content (AvgIpc) is 2.20. The highest BCUT2D eigenvalue weighted by atomic mass is 16.1. The first kappa shape index (κ1) is 13.4. The van der Waals surface area contributed by atoms with Gasteiger partial charge in [0.25, 0.3) is 11.1 Å². The predicted molar refractivity (Wildman–Crippen MR) is 68.2 cm³/mol. The predicted octanol–water partition coefficient (Wildman–Crippen LogP) is 0.481. The molecule has 17 heavy (non-hydrogen) atoms. The SMILES string of the molecule is C=C(CNC(C)(C)C)Cn1[nH]c(=O)ccc1=O. The minimum Gasteiger partial charge on any atom is -0.308 e. The summed E-state index contributed by atoms with van der Waals surface area (Å²) in [5, 5.41) is 5.73. The molecule has 0 fully saturated rings. The Kier molecular flexibility index (Phi) is 4.07. The lowest BCUT2D eigenvalue weighted by atomic mass is 10.1. The number of rotatable bonds is 4. The van der Waals surface area contributed by atoms with Gasteiger partial charge in [0, 0.05) is 24.2 Å². The van der Waals surface area contributed by atoms with E-state index in [0.717, 1.165) is 5.57 Å². The van der Waals surface area contributed by atoms with Crippen molar-refractivity contribution in [3.8, 4) is 0 Å². The van der Waals surface area contributed by atoms with Crippen molar-refractivity contribution in [3.05, 3.63) is 45.0 Å². The minimum atomic E-state index is -0.291. The highest BCUT2D eigenvalue weighted by Gasteiger charge is 2.09. The van der Waals surface area contributed by atoms with Crippen LogP contribution in [0.5, 0.6) is 0 Å². The van der Waals surface area contributed by atoms with E-state index in [1.165, 1.54) is 16.8 Å². The van der Waals surface area contributed by atoms with Gasteiger partial charge in [-0.15, -0.1) is 0 Å². The normalized spacial score (nSPS) is 11.5.